The first kappa shape index (κ1) is 30.0. The van der Waals surface area contributed by atoms with E-state index in [0.29, 0.717) is 34.0 Å². The Morgan fingerprint density at radius 3 is 2.47 bits per heavy atom. The standard InChI is InChI=1S/C38H34N4O5/c1-45-34-20-30-28-16-18-42(23-36(28)47-33(30)21-35(34)46-2)17-15-24-11-13-27(14-12-24)40-38(44)29-8-4-6-10-32(29)41-37(43)26-19-25-7-3-5-9-31(25)39-22-26/h3-14,19-22H,15-18,23H2,1-2H3,(H,40,44)(H,41,43). The van der Waals surface area contributed by atoms with Crippen LogP contribution in [-0.2, 0) is 19.4 Å². The summed E-state index contributed by atoms with van der Waals surface area (Å²) in [6.07, 6.45) is 3.31. The molecule has 0 radical (unpaired) electrons. The number of benzene rings is 4. The topological polar surface area (TPSA) is 106 Å². The highest BCUT2D eigenvalue weighted by atomic mass is 16.5. The van der Waals surface area contributed by atoms with Crippen LogP contribution in [0.5, 0.6) is 11.5 Å². The second-order valence-electron chi connectivity index (χ2n) is 11.6. The molecule has 0 aliphatic carbocycles. The molecule has 2 N–H and O–H groups in total. The van der Waals surface area contributed by atoms with E-state index in [4.69, 9.17) is 13.9 Å². The van der Waals surface area contributed by atoms with E-state index in [2.05, 4.69) is 20.5 Å². The third kappa shape index (κ3) is 6.25. The van der Waals surface area contributed by atoms with Gasteiger partial charge in [-0.15, -0.1) is 0 Å². The van der Waals surface area contributed by atoms with Gasteiger partial charge < -0.3 is 24.5 Å². The molecule has 7 rings (SSSR count). The summed E-state index contributed by atoms with van der Waals surface area (Å²) in [5.41, 5.74) is 5.92. The van der Waals surface area contributed by atoms with Crippen LogP contribution in [0.3, 0.4) is 0 Å². The largest absolute Gasteiger partial charge is 0.493 e. The van der Waals surface area contributed by atoms with E-state index in [1.165, 1.54) is 11.1 Å². The van der Waals surface area contributed by atoms with Crippen LogP contribution in [0, 0.1) is 0 Å². The van der Waals surface area contributed by atoms with Gasteiger partial charge in [0.05, 0.1) is 43.1 Å². The summed E-state index contributed by atoms with van der Waals surface area (Å²) in [5, 5.41) is 7.80. The maximum atomic E-state index is 13.3. The first-order chi connectivity index (χ1) is 23.0. The summed E-state index contributed by atoms with van der Waals surface area (Å²) in [4.78, 5) is 33.1. The van der Waals surface area contributed by atoms with Gasteiger partial charge in [0.2, 0.25) is 0 Å². The molecule has 9 heteroatoms. The number of rotatable bonds is 9. The highest BCUT2D eigenvalue weighted by Gasteiger charge is 2.24. The molecule has 0 saturated carbocycles. The van der Waals surface area contributed by atoms with Gasteiger partial charge in [-0.25, -0.2) is 0 Å². The smallest absolute Gasteiger partial charge is 0.257 e. The van der Waals surface area contributed by atoms with E-state index in [1.54, 1.807) is 50.7 Å². The van der Waals surface area contributed by atoms with Gasteiger partial charge in [0.25, 0.3) is 11.8 Å². The van der Waals surface area contributed by atoms with Crippen LogP contribution < -0.4 is 20.1 Å². The third-order valence-electron chi connectivity index (χ3n) is 8.63. The SMILES string of the molecule is COc1cc2oc3c(c2cc1OC)CCN(CCc1ccc(NC(=O)c2ccccc2NC(=O)c2cnc4ccccc4c2)cc1)C3. The van der Waals surface area contributed by atoms with Crippen molar-refractivity contribution in [2.75, 3.05) is 37.9 Å². The number of ether oxygens (including phenoxy) is 2. The molecule has 2 aromatic heterocycles. The molecular formula is C38H34N4O5. The maximum absolute atomic E-state index is 13.3. The first-order valence-corrected chi connectivity index (χ1v) is 15.5. The Kier molecular flexibility index (Phi) is 8.29. The van der Waals surface area contributed by atoms with Crippen LogP contribution in [0.25, 0.3) is 21.9 Å². The Bertz CT molecular complexity index is 2100. The average molecular weight is 627 g/mol. The van der Waals surface area contributed by atoms with Crippen LogP contribution in [0.4, 0.5) is 11.4 Å². The summed E-state index contributed by atoms with van der Waals surface area (Å²) in [5.74, 6) is 1.71. The number of carbonyl (C=O) groups is 2. The fourth-order valence-electron chi connectivity index (χ4n) is 6.09. The van der Waals surface area contributed by atoms with E-state index in [-0.39, 0.29) is 11.8 Å². The number of nitrogens with zero attached hydrogens (tertiary/aromatic N) is 2. The van der Waals surface area contributed by atoms with Crippen LogP contribution >= 0.6 is 0 Å². The van der Waals surface area contributed by atoms with Gasteiger partial charge in [0, 0.05) is 47.4 Å². The molecule has 236 valence electrons. The Hall–Kier alpha value is -5.67. The lowest BCUT2D eigenvalue weighted by molar-refractivity contribution is 0.102. The predicted octanol–water partition coefficient (Wildman–Crippen LogP) is 7.10. The number of hydrogen-bond donors (Lipinski definition) is 2. The maximum Gasteiger partial charge on any atom is 0.257 e. The van der Waals surface area contributed by atoms with Gasteiger partial charge in [0.15, 0.2) is 11.5 Å². The van der Waals surface area contributed by atoms with Crippen LogP contribution in [0.1, 0.15) is 37.6 Å². The number of fused-ring (bicyclic) bond motifs is 4. The van der Waals surface area contributed by atoms with Crippen molar-refractivity contribution in [3.05, 3.63) is 125 Å². The highest BCUT2D eigenvalue weighted by molar-refractivity contribution is 6.13. The molecule has 1 aliphatic heterocycles. The number of amides is 2. The van der Waals surface area contributed by atoms with E-state index < -0.39 is 0 Å². The summed E-state index contributed by atoms with van der Waals surface area (Å²) in [7, 11) is 3.27. The number of para-hydroxylation sites is 2. The molecule has 6 aromatic rings. The Morgan fingerprint density at radius 1 is 0.872 bits per heavy atom. The Balaban J connectivity index is 0.962. The van der Waals surface area contributed by atoms with Crippen LogP contribution in [0.2, 0.25) is 0 Å². The minimum atomic E-state index is -0.335. The molecule has 0 spiro atoms. The minimum absolute atomic E-state index is 0.310. The fourth-order valence-corrected chi connectivity index (χ4v) is 6.09. The van der Waals surface area contributed by atoms with Gasteiger partial charge in [-0.3, -0.25) is 19.5 Å². The molecular weight excluding hydrogens is 592 g/mol. The van der Waals surface area contributed by atoms with Crippen molar-refractivity contribution in [1.29, 1.82) is 0 Å². The number of methoxy groups -OCH3 is 2. The van der Waals surface area contributed by atoms with Crippen molar-refractivity contribution in [2.45, 2.75) is 19.4 Å². The number of anilines is 2. The number of aromatic nitrogens is 1. The number of nitrogens with one attached hydrogen (secondary N) is 2. The molecule has 0 fully saturated rings. The van der Waals surface area contributed by atoms with Crippen molar-refractivity contribution in [1.82, 2.24) is 9.88 Å². The summed E-state index contributed by atoms with van der Waals surface area (Å²) in [6, 6.07) is 28.1. The van der Waals surface area contributed by atoms with Crippen molar-refractivity contribution in [3.8, 4) is 11.5 Å². The summed E-state index contributed by atoms with van der Waals surface area (Å²) >= 11 is 0. The predicted molar refractivity (Wildman–Crippen MR) is 183 cm³/mol. The zero-order valence-corrected chi connectivity index (χ0v) is 26.2. The molecule has 4 aromatic carbocycles. The monoisotopic (exact) mass is 626 g/mol. The summed E-state index contributed by atoms with van der Waals surface area (Å²) in [6.45, 7) is 2.57. The zero-order valence-electron chi connectivity index (χ0n) is 26.2. The average Bonchev–Trinajstić information content (AvgIpc) is 3.47. The zero-order chi connectivity index (χ0) is 32.3. The van der Waals surface area contributed by atoms with Gasteiger partial charge in [-0.1, -0.05) is 42.5 Å². The molecule has 0 unspecified atom stereocenters. The third-order valence-corrected chi connectivity index (χ3v) is 8.63. The van der Waals surface area contributed by atoms with Crippen molar-refractivity contribution in [3.63, 3.8) is 0 Å². The van der Waals surface area contributed by atoms with Gasteiger partial charge in [0.1, 0.15) is 11.3 Å². The molecule has 3 heterocycles. The second kappa shape index (κ2) is 13.0. The van der Waals surface area contributed by atoms with Crippen molar-refractivity contribution >= 4 is 45.1 Å². The van der Waals surface area contributed by atoms with Crippen molar-refractivity contribution < 1.29 is 23.5 Å². The van der Waals surface area contributed by atoms with E-state index in [1.807, 2.05) is 60.7 Å². The van der Waals surface area contributed by atoms with Crippen LogP contribution in [0.15, 0.2) is 102 Å². The van der Waals surface area contributed by atoms with E-state index in [0.717, 1.165) is 60.1 Å². The molecule has 0 bridgehead atoms. The molecule has 2 amide bonds. The molecule has 1 aliphatic rings. The van der Waals surface area contributed by atoms with E-state index >= 15 is 0 Å². The minimum Gasteiger partial charge on any atom is -0.493 e. The van der Waals surface area contributed by atoms with Crippen molar-refractivity contribution in [2.24, 2.45) is 0 Å². The Labute approximate surface area is 272 Å². The highest BCUT2D eigenvalue weighted by Crippen LogP contribution is 2.38. The number of furan rings is 1. The molecule has 0 atom stereocenters. The molecule has 47 heavy (non-hydrogen) atoms. The second-order valence-corrected chi connectivity index (χ2v) is 11.6. The van der Waals surface area contributed by atoms with Gasteiger partial charge >= 0.3 is 0 Å². The quantitative estimate of drug-likeness (QED) is 0.176. The number of carbonyl (C=O) groups excluding carboxylic acids is 2. The van der Waals surface area contributed by atoms with Gasteiger partial charge in [-0.2, -0.15) is 0 Å². The lowest BCUT2D eigenvalue weighted by atomic mass is 10.0. The van der Waals surface area contributed by atoms with Gasteiger partial charge in [-0.05, 0) is 60.9 Å². The first-order valence-electron chi connectivity index (χ1n) is 15.5. The van der Waals surface area contributed by atoms with Crippen LogP contribution in [-0.4, -0.2) is 49.0 Å². The summed E-state index contributed by atoms with van der Waals surface area (Å²) < 4.78 is 17.2. The fraction of sp³-hybridized carbons (Fsp3) is 0.184. The molecule has 9 nitrogen and oxygen atoms in total. The lowest BCUT2D eigenvalue weighted by Crippen LogP contribution is -2.31. The lowest BCUT2D eigenvalue weighted by Gasteiger charge is -2.25. The normalized spacial score (nSPS) is 12.9. The number of pyridine rings is 1. The number of hydrogen-bond acceptors (Lipinski definition) is 7. The molecule has 0 saturated heterocycles. The Morgan fingerprint density at radius 2 is 1.64 bits per heavy atom. The van der Waals surface area contributed by atoms with E-state index in [9.17, 15) is 9.59 Å².